The van der Waals surface area contributed by atoms with Gasteiger partial charge in [-0.1, -0.05) is 11.3 Å². The average Bonchev–Trinajstić information content (AvgIpc) is 3.08. The lowest BCUT2D eigenvalue weighted by molar-refractivity contribution is -0.384. The Morgan fingerprint density at radius 2 is 1.90 bits per heavy atom. The number of fused-ring (bicyclic) bond motifs is 1. The highest BCUT2D eigenvalue weighted by molar-refractivity contribution is 7.92. The SMILES string of the molecule is COCCn1c(=NC(=O)c2ccc(S(=O)(=O)C(C)C)cc2)sc2cc([N+](=O)[O-])ccc21. The minimum Gasteiger partial charge on any atom is -0.383 e. The third-order valence-electron chi connectivity index (χ3n) is 4.64. The summed E-state index contributed by atoms with van der Waals surface area (Å²) in [5.41, 5.74) is 0.898. The van der Waals surface area contributed by atoms with Gasteiger partial charge in [0.05, 0.1) is 31.9 Å². The minimum atomic E-state index is -3.44. The molecule has 0 spiro atoms. The van der Waals surface area contributed by atoms with E-state index in [1.807, 2.05) is 0 Å². The molecule has 0 bridgehead atoms. The van der Waals surface area contributed by atoms with E-state index in [-0.39, 0.29) is 16.1 Å². The summed E-state index contributed by atoms with van der Waals surface area (Å²) in [6.07, 6.45) is 0. The van der Waals surface area contributed by atoms with Gasteiger partial charge in [0.15, 0.2) is 14.6 Å². The van der Waals surface area contributed by atoms with E-state index in [0.717, 1.165) is 11.3 Å². The molecule has 31 heavy (non-hydrogen) atoms. The first-order chi connectivity index (χ1) is 14.6. The number of nitrogens with zero attached hydrogens (tertiary/aromatic N) is 3. The molecule has 2 aromatic carbocycles. The number of non-ortho nitro benzene ring substituents is 1. The third-order valence-corrected chi connectivity index (χ3v) is 7.86. The van der Waals surface area contributed by atoms with Gasteiger partial charge in [-0.2, -0.15) is 4.99 Å². The Bertz CT molecular complexity index is 1300. The maximum atomic E-state index is 12.7. The van der Waals surface area contributed by atoms with Crippen LogP contribution in [0.15, 0.2) is 52.4 Å². The summed E-state index contributed by atoms with van der Waals surface area (Å²) in [6.45, 7) is 3.96. The summed E-state index contributed by atoms with van der Waals surface area (Å²) in [4.78, 5) is 28.0. The van der Waals surface area contributed by atoms with Crippen molar-refractivity contribution in [2.75, 3.05) is 13.7 Å². The smallest absolute Gasteiger partial charge is 0.279 e. The molecule has 3 rings (SSSR count). The Morgan fingerprint density at radius 1 is 1.23 bits per heavy atom. The van der Waals surface area contributed by atoms with Gasteiger partial charge >= 0.3 is 0 Å². The molecular formula is C20H21N3O6S2. The van der Waals surface area contributed by atoms with Crippen LogP contribution in [0.2, 0.25) is 0 Å². The number of rotatable bonds is 7. The first kappa shape index (κ1) is 22.8. The molecule has 0 radical (unpaired) electrons. The molecule has 164 valence electrons. The van der Waals surface area contributed by atoms with Crippen molar-refractivity contribution < 1.29 is 22.9 Å². The van der Waals surface area contributed by atoms with Crippen molar-refractivity contribution in [2.24, 2.45) is 4.99 Å². The second-order valence-corrected chi connectivity index (χ2v) is 10.5. The molecule has 0 fully saturated rings. The monoisotopic (exact) mass is 463 g/mol. The lowest BCUT2D eigenvalue weighted by Gasteiger charge is -2.07. The largest absolute Gasteiger partial charge is 0.383 e. The van der Waals surface area contributed by atoms with Gasteiger partial charge in [-0.15, -0.1) is 0 Å². The average molecular weight is 464 g/mol. The van der Waals surface area contributed by atoms with Gasteiger partial charge in [-0.25, -0.2) is 8.42 Å². The molecule has 1 aromatic heterocycles. The number of benzene rings is 2. The minimum absolute atomic E-state index is 0.0486. The molecule has 3 aromatic rings. The summed E-state index contributed by atoms with van der Waals surface area (Å²) in [5, 5.41) is 10.5. The number of nitro groups is 1. The van der Waals surface area contributed by atoms with Gasteiger partial charge in [-0.05, 0) is 44.2 Å². The second-order valence-electron chi connectivity index (χ2n) is 6.97. The fourth-order valence-corrected chi connectivity index (χ4v) is 5.02. The van der Waals surface area contributed by atoms with Crippen molar-refractivity contribution in [1.82, 2.24) is 4.57 Å². The molecule has 1 amide bonds. The maximum Gasteiger partial charge on any atom is 0.279 e. The summed E-state index contributed by atoms with van der Waals surface area (Å²) < 4.78 is 32.0. The number of hydrogen-bond acceptors (Lipinski definition) is 7. The van der Waals surface area contributed by atoms with E-state index in [0.29, 0.717) is 28.2 Å². The Labute approximate surface area is 182 Å². The molecule has 0 unspecified atom stereocenters. The summed E-state index contributed by atoms with van der Waals surface area (Å²) in [6, 6.07) is 10.1. The maximum absolute atomic E-state index is 12.7. The van der Waals surface area contributed by atoms with Gasteiger partial charge in [-0.3, -0.25) is 14.9 Å². The molecule has 0 saturated carbocycles. The van der Waals surface area contributed by atoms with Gasteiger partial charge in [0.2, 0.25) is 0 Å². The summed E-state index contributed by atoms with van der Waals surface area (Å²) in [7, 11) is -1.89. The Kier molecular flexibility index (Phi) is 6.68. The van der Waals surface area contributed by atoms with E-state index >= 15 is 0 Å². The van der Waals surface area contributed by atoms with Crippen molar-refractivity contribution >= 4 is 43.0 Å². The molecule has 0 aliphatic heterocycles. The van der Waals surface area contributed by atoms with E-state index in [9.17, 15) is 23.3 Å². The number of carbonyl (C=O) groups excluding carboxylic acids is 1. The number of thiazole rings is 1. The Morgan fingerprint density at radius 3 is 2.48 bits per heavy atom. The summed E-state index contributed by atoms with van der Waals surface area (Å²) in [5.74, 6) is -0.541. The number of ether oxygens (including phenoxy) is 1. The first-order valence-electron chi connectivity index (χ1n) is 9.35. The highest BCUT2D eigenvalue weighted by Crippen LogP contribution is 2.23. The topological polar surface area (TPSA) is 121 Å². The van der Waals surface area contributed by atoms with Crippen molar-refractivity contribution in [3.8, 4) is 0 Å². The molecule has 0 aliphatic carbocycles. The molecule has 9 nitrogen and oxygen atoms in total. The molecule has 0 aliphatic rings. The van der Waals surface area contributed by atoms with E-state index in [1.54, 1.807) is 31.6 Å². The number of nitro benzene ring substituents is 1. The van der Waals surface area contributed by atoms with Gasteiger partial charge in [0, 0.05) is 31.4 Å². The molecule has 0 atom stereocenters. The number of hydrogen-bond donors (Lipinski definition) is 0. The lowest BCUT2D eigenvalue weighted by Crippen LogP contribution is -2.19. The number of methoxy groups -OCH3 is 1. The zero-order valence-electron chi connectivity index (χ0n) is 17.1. The fourth-order valence-electron chi connectivity index (χ4n) is 2.87. The highest BCUT2D eigenvalue weighted by atomic mass is 32.2. The Balaban J connectivity index is 2.04. The van der Waals surface area contributed by atoms with E-state index in [2.05, 4.69) is 4.99 Å². The van der Waals surface area contributed by atoms with Crippen LogP contribution in [0.1, 0.15) is 24.2 Å². The number of carbonyl (C=O) groups is 1. The van der Waals surface area contributed by atoms with E-state index < -0.39 is 25.9 Å². The number of amides is 1. The quantitative estimate of drug-likeness (QED) is 0.392. The van der Waals surface area contributed by atoms with Crippen molar-refractivity contribution in [2.45, 2.75) is 30.5 Å². The highest BCUT2D eigenvalue weighted by Gasteiger charge is 2.19. The van der Waals surface area contributed by atoms with Crippen LogP contribution >= 0.6 is 11.3 Å². The van der Waals surface area contributed by atoms with Crippen LogP contribution in [0.4, 0.5) is 5.69 Å². The lowest BCUT2D eigenvalue weighted by atomic mass is 10.2. The predicted molar refractivity (Wildman–Crippen MR) is 117 cm³/mol. The van der Waals surface area contributed by atoms with Crippen LogP contribution < -0.4 is 4.80 Å². The Hall–Kier alpha value is -2.89. The summed E-state index contributed by atoms with van der Waals surface area (Å²) >= 11 is 1.16. The fraction of sp³-hybridized carbons (Fsp3) is 0.300. The van der Waals surface area contributed by atoms with Gasteiger partial charge in [0.25, 0.3) is 11.6 Å². The predicted octanol–water partition coefficient (Wildman–Crippen LogP) is 3.18. The van der Waals surface area contributed by atoms with Crippen LogP contribution in [0, 0.1) is 10.1 Å². The molecule has 0 saturated heterocycles. The van der Waals surface area contributed by atoms with E-state index in [4.69, 9.17) is 4.74 Å². The van der Waals surface area contributed by atoms with Crippen LogP contribution in [-0.4, -0.2) is 42.8 Å². The zero-order chi connectivity index (χ0) is 22.8. The molecule has 0 N–H and O–H groups in total. The van der Waals surface area contributed by atoms with Gasteiger partial charge in [0.1, 0.15) is 0 Å². The number of sulfone groups is 1. The normalized spacial score (nSPS) is 12.6. The molecular weight excluding hydrogens is 442 g/mol. The van der Waals surface area contributed by atoms with Crippen molar-refractivity contribution in [3.05, 3.63) is 62.9 Å². The van der Waals surface area contributed by atoms with Crippen LogP contribution in [0.3, 0.4) is 0 Å². The van der Waals surface area contributed by atoms with Crippen LogP contribution in [0.5, 0.6) is 0 Å². The third kappa shape index (κ3) is 4.73. The zero-order valence-corrected chi connectivity index (χ0v) is 18.8. The van der Waals surface area contributed by atoms with Crippen LogP contribution in [-0.2, 0) is 21.1 Å². The first-order valence-corrected chi connectivity index (χ1v) is 11.7. The number of aromatic nitrogens is 1. The second kappa shape index (κ2) is 9.08. The van der Waals surface area contributed by atoms with Crippen molar-refractivity contribution in [1.29, 1.82) is 0 Å². The standard InChI is InChI=1S/C20H21N3O6S2/c1-13(2)31(27,28)16-7-4-14(5-8-16)19(24)21-20-22(10-11-29-3)17-9-6-15(23(25)26)12-18(17)30-20/h4-9,12-13H,10-11H2,1-3H3. The molecule has 1 heterocycles. The van der Waals surface area contributed by atoms with Crippen molar-refractivity contribution in [3.63, 3.8) is 0 Å². The van der Waals surface area contributed by atoms with E-state index in [1.165, 1.54) is 36.4 Å². The molecule has 11 heteroatoms. The van der Waals surface area contributed by atoms with Crippen LogP contribution in [0.25, 0.3) is 10.2 Å². The van der Waals surface area contributed by atoms with Gasteiger partial charge < -0.3 is 9.30 Å².